The highest BCUT2D eigenvalue weighted by Gasteiger charge is 2.05. The number of benzene rings is 1. The first-order valence-electron chi connectivity index (χ1n) is 6.59. The molecule has 0 spiro atoms. The maximum absolute atomic E-state index is 5.42. The summed E-state index contributed by atoms with van der Waals surface area (Å²) in [7, 11) is 5.77. The van der Waals surface area contributed by atoms with Gasteiger partial charge in [0, 0.05) is 20.6 Å². The van der Waals surface area contributed by atoms with Crippen LogP contribution in [0.3, 0.4) is 0 Å². The monoisotopic (exact) mass is 250 g/mol. The molecule has 0 aromatic heterocycles. The molecule has 0 radical (unpaired) electrons. The van der Waals surface area contributed by atoms with Crippen molar-refractivity contribution >= 4 is 5.69 Å². The first kappa shape index (κ1) is 14.8. The number of methoxy groups -OCH3 is 1. The zero-order chi connectivity index (χ0) is 13.5. The van der Waals surface area contributed by atoms with Crippen molar-refractivity contribution in [3.05, 3.63) is 23.8 Å². The molecule has 3 nitrogen and oxygen atoms in total. The second kappa shape index (κ2) is 7.27. The lowest BCUT2D eigenvalue weighted by molar-refractivity contribution is 0.414. The molecule has 1 rings (SSSR count). The topological polar surface area (TPSA) is 24.5 Å². The van der Waals surface area contributed by atoms with Crippen LogP contribution in [-0.2, 0) is 6.54 Å². The van der Waals surface area contributed by atoms with Gasteiger partial charge in [-0.15, -0.1) is 0 Å². The SMILES string of the molecule is COc1cc(CNCCC(C)C)ccc1N(C)C. The highest BCUT2D eigenvalue weighted by molar-refractivity contribution is 5.58. The van der Waals surface area contributed by atoms with Crippen LogP contribution in [0.4, 0.5) is 5.69 Å². The normalized spacial score (nSPS) is 10.8. The van der Waals surface area contributed by atoms with E-state index in [1.165, 1.54) is 12.0 Å². The van der Waals surface area contributed by atoms with Gasteiger partial charge >= 0.3 is 0 Å². The lowest BCUT2D eigenvalue weighted by Crippen LogP contribution is -2.16. The van der Waals surface area contributed by atoms with Crippen molar-refractivity contribution in [2.45, 2.75) is 26.8 Å². The largest absolute Gasteiger partial charge is 0.495 e. The fraction of sp³-hybridized carbons (Fsp3) is 0.600. The number of nitrogens with zero attached hydrogens (tertiary/aromatic N) is 1. The van der Waals surface area contributed by atoms with E-state index in [1.54, 1.807) is 7.11 Å². The summed E-state index contributed by atoms with van der Waals surface area (Å²) < 4.78 is 5.42. The summed E-state index contributed by atoms with van der Waals surface area (Å²) in [6.45, 7) is 6.46. The summed E-state index contributed by atoms with van der Waals surface area (Å²) in [6, 6.07) is 6.37. The molecule has 0 bridgehead atoms. The Morgan fingerprint density at radius 2 is 2.00 bits per heavy atom. The Balaban J connectivity index is 2.57. The molecular formula is C15H26N2O. The fourth-order valence-electron chi connectivity index (χ4n) is 1.82. The van der Waals surface area contributed by atoms with Crippen LogP contribution in [0.15, 0.2) is 18.2 Å². The predicted octanol–water partition coefficient (Wildman–Crippen LogP) is 2.90. The van der Waals surface area contributed by atoms with E-state index in [4.69, 9.17) is 4.74 Å². The second-order valence-electron chi connectivity index (χ2n) is 5.26. The van der Waals surface area contributed by atoms with Gasteiger partial charge in [0.2, 0.25) is 0 Å². The van der Waals surface area contributed by atoms with Crippen molar-refractivity contribution in [3.63, 3.8) is 0 Å². The van der Waals surface area contributed by atoms with E-state index in [2.05, 4.69) is 42.3 Å². The van der Waals surface area contributed by atoms with Gasteiger partial charge in [-0.1, -0.05) is 19.9 Å². The average Bonchev–Trinajstić information content (AvgIpc) is 2.33. The van der Waals surface area contributed by atoms with Crippen molar-refractivity contribution in [1.29, 1.82) is 0 Å². The van der Waals surface area contributed by atoms with Gasteiger partial charge in [-0.25, -0.2) is 0 Å². The van der Waals surface area contributed by atoms with Crippen LogP contribution < -0.4 is 15.0 Å². The molecular weight excluding hydrogens is 224 g/mol. The summed E-state index contributed by atoms with van der Waals surface area (Å²) in [4.78, 5) is 2.06. The predicted molar refractivity (Wildman–Crippen MR) is 78.5 cm³/mol. The first-order valence-corrected chi connectivity index (χ1v) is 6.59. The summed E-state index contributed by atoms with van der Waals surface area (Å²) in [5.41, 5.74) is 2.38. The maximum Gasteiger partial charge on any atom is 0.142 e. The molecule has 0 aliphatic carbocycles. The molecule has 0 aliphatic rings. The highest BCUT2D eigenvalue weighted by atomic mass is 16.5. The second-order valence-corrected chi connectivity index (χ2v) is 5.26. The zero-order valence-corrected chi connectivity index (χ0v) is 12.3. The molecule has 0 aliphatic heterocycles. The first-order chi connectivity index (χ1) is 8.54. The zero-order valence-electron chi connectivity index (χ0n) is 12.3. The van der Waals surface area contributed by atoms with E-state index in [9.17, 15) is 0 Å². The molecule has 3 heteroatoms. The lowest BCUT2D eigenvalue weighted by Gasteiger charge is -2.17. The average molecular weight is 250 g/mol. The summed E-state index contributed by atoms with van der Waals surface area (Å²) in [5, 5.41) is 3.46. The van der Waals surface area contributed by atoms with Crippen molar-refractivity contribution in [1.82, 2.24) is 5.32 Å². The van der Waals surface area contributed by atoms with Gasteiger partial charge in [-0.2, -0.15) is 0 Å². The fourth-order valence-corrected chi connectivity index (χ4v) is 1.82. The van der Waals surface area contributed by atoms with Crippen LogP contribution in [0.1, 0.15) is 25.8 Å². The maximum atomic E-state index is 5.42. The Kier molecular flexibility index (Phi) is 5.99. The van der Waals surface area contributed by atoms with Crippen LogP contribution in [-0.4, -0.2) is 27.7 Å². The van der Waals surface area contributed by atoms with Gasteiger partial charge in [0.25, 0.3) is 0 Å². The van der Waals surface area contributed by atoms with Crippen molar-refractivity contribution in [2.24, 2.45) is 5.92 Å². The van der Waals surface area contributed by atoms with E-state index >= 15 is 0 Å². The summed E-state index contributed by atoms with van der Waals surface area (Å²) in [5.74, 6) is 1.69. The molecule has 102 valence electrons. The van der Waals surface area contributed by atoms with Crippen LogP contribution in [0.25, 0.3) is 0 Å². The van der Waals surface area contributed by atoms with E-state index in [0.717, 1.165) is 30.4 Å². The Morgan fingerprint density at radius 1 is 1.28 bits per heavy atom. The quantitative estimate of drug-likeness (QED) is 0.753. The minimum atomic E-state index is 0.753. The summed E-state index contributed by atoms with van der Waals surface area (Å²) in [6.07, 6.45) is 1.22. The van der Waals surface area contributed by atoms with Crippen molar-refractivity contribution in [2.75, 3.05) is 32.6 Å². The number of rotatable bonds is 7. The minimum Gasteiger partial charge on any atom is -0.495 e. The minimum absolute atomic E-state index is 0.753. The molecule has 1 aromatic rings. The molecule has 1 aromatic carbocycles. The number of ether oxygens (including phenoxy) is 1. The molecule has 0 amide bonds. The van der Waals surface area contributed by atoms with Crippen LogP contribution in [0.2, 0.25) is 0 Å². The molecule has 0 unspecified atom stereocenters. The number of nitrogens with one attached hydrogen (secondary N) is 1. The van der Waals surface area contributed by atoms with Gasteiger partial charge in [0.15, 0.2) is 0 Å². The molecule has 0 heterocycles. The third-order valence-electron chi connectivity index (χ3n) is 2.95. The van der Waals surface area contributed by atoms with Crippen LogP contribution in [0.5, 0.6) is 5.75 Å². The van der Waals surface area contributed by atoms with Gasteiger partial charge < -0.3 is 15.0 Å². The third-order valence-corrected chi connectivity index (χ3v) is 2.95. The van der Waals surface area contributed by atoms with E-state index < -0.39 is 0 Å². The van der Waals surface area contributed by atoms with Gasteiger partial charge in [0.05, 0.1) is 12.8 Å². The van der Waals surface area contributed by atoms with Gasteiger partial charge in [0.1, 0.15) is 5.75 Å². The Bertz CT molecular complexity index is 362. The van der Waals surface area contributed by atoms with Gasteiger partial charge in [-0.05, 0) is 36.6 Å². The Hall–Kier alpha value is -1.22. The third kappa shape index (κ3) is 4.57. The Morgan fingerprint density at radius 3 is 2.56 bits per heavy atom. The van der Waals surface area contributed by atoms with E-state index in [1.807, 2.05) is 14.1 Å². The summed E-state index contributed by atoms with van der Waals surface area (Å²) >= 11 is 0. The van der Waals surface area contributed by atoms with Crippen molar-refractivity contribution in [3.8, 4) is 5.75 Å². The lowest BCUT2D eigenvalue weighted by atomic mass is 10.1. The van der Waals surface area contributed by atoms with Gasteiger partial charge in [-0.3, -0.25) is 0 Å². The van der Waals surface area contributed by atoms with Crippen LogP contribution >= 0.6 is 0 Å². The molecule has 0 fully saturated rings. The number of anilines is 1. The molecule has 0 saturated carbocycles. The number of hydrogen-bond donors (Lipinski definition) is 1. The molecule has 0 saturated heterocycles. The van der Waals surface area contributed by atoms with Crippen molar-refractivity contribution < 1.29 is 4.74 Å². The highest BCUT2D eigenvalue weighted by Crippen LogP contribution is 2.27. The van der Waals surface area contributed by atoms with E-state index in [0.29, 0.717) is 0 Å². The number of hydrogen-bond acceptors (Lipinski definition) is 3. The molecule has 1 N–H and O–H groups in total. The van der Waals surface area contributed by atoms with E-state index in [-0.39, 0.29) is 0 Å². The van der Waals surface area contributed by atoms with Crippen LogP contribution in [0, 0.1) is 5.92 Å². The standard InChI is InChI=1S/C15H26N2O/c1-12(2)8-9-16-11-13-6-7-14(17(3)4)15(10-13)18-5/h6-7,10,12,16H,8-9,11H2,1-5H3. The smallest absolute Gasteiger partial charge is 0.142 e. The molecule has 0 atom stereocenters. The Labute approximate surface area is 111 Å². The molecule has 18 heavy (non-hydrogen) atoms.